The monoisotopic (exact) mass is 413 g/mol. The molecule has 0 radical (unpaired) electrons. The number of nitrogens with one attached hydrogen (secondary N) is 1. The summed E-state index contributed by atoms with van der Waals surface area (Å²) < 4.78 is 11.0. The Balaban J connectivity index is 1.69. The van der Waals surface area contributed by atoms with E-state index in [1.165, 1.54) is 5.56 Å². The van der Waals surface area contributed by atoms with Crippen LogP contribution in [0, 0.1) is 0 Å². The van der Waals surface area contributed by atoms with Crippen LogP contribution >= 0.6 is 12.2 Å². The molecule has 1 unspecified atom stereocenters. The molecule has 0 amide bonds. The second-order valence-corrected chi connectivity index (χ2v) is 7.66. The van der Waals surface area contributed by atoms with Gasteiger partial charge in [0.05, 0.1) is 26.4 Å². The zero-order valence-corrected chi connectivity index (χ0v) is 18.2. The number of methoxy groups -OCH3 is 1. The Hall–Kier alpha value is -2.15. The molecule has 0 aliphatic carbocycles. The second kappa shape index (κ2) is 11.1. The Labute approximate surface area is 179 Å². The molecule has 1 heterocycles. The normalized spacial score (nSPS) is 15.5. The fraction of sp³-hybridized carbons (Fsp3) is 0.435. The highest BCUT2D eigenvalue weighted by Crippen LogP contribution is 2.20. The van der Waals surface area contributed by atoms with Gasteiger partial charge in [0.25, 0.3) is 0 Å². The fourth-order valence-electron chi connectivity index (χ4n) is 3.48. The van der Waals surface area contributed by atoms with Crippen molar-refractivity contribution < 1.29 is 9.47 Å². The minimum Gasteiger partial charge on any atom is -0.496 e. The van der Waals surface area contributed by atoms with Gasteiger partial charge in [-0.15, -0.1) is 0 Å². The summed E-state index contributed by atoms with van der Waals surface area (Å²) in [7, 11) is 1.71. The standard InChI is InChI=1S/C23H31N3O2S/c1-19(20-8-4-3-5-9-20)24-23(29)26(13-12-25-14-16-28-17-15-25)18-21-10-6-7-11-22(21)27-2/h3-11,19H,12-18H2,1-2H3,(H,24,29). The van der Waals surface area contributed by atoms with Crippen LogP contribution in [0.3, 0.4) is 0 Å². The van der Waals surface area contributed by atoms with E-state index < -0.39 is 0 Å². The number of rotatable bonds is 8. The number of hydrogen-bond donors (Lipinski definition) is 1. The lowest BCUT2D eigenvalue weighted by Crippen LogP contribution is -2.46. The first-order valence-corrected chi connectivity index (χ1v) is 10.6. The molecule has 1 N–H and O–H groups in total. The summed E-state index contributed by atoms with van der Waals surface area (Å²) in [6, 6.07) is 18.7. The topological polar surface area (TPSA) is 37.0 Å². The van der Waals surface area contributed by atoms with E-state index >= 15 is 0 Å². The average Bonchev–Trinajstić information content (AvgIpc) is 2.78. The van der Waals surface area contributed by atoms with Gasteiger partial charge >= 0.3 is 0 Å². The van der Waals surface area contributed by atoms with Crippen LogP contribution in [0.1, 0.15) is 24.1 Å². The summed E-state index contributed by atoms with van der Waals surface area (Å²) in [5.74, 6) is 0.891. The van der Waals surface area contributed by atoms with Gasteiger partial charge in [-0.25, -0.2) is 0 Å². The number of benzene rings is 2. The van der Waals surface area contributed by atoms with Crippen LogP contribution in [-0.2, 0) is 11.3 Å². The molecule has 0 aromatic heterocycles. The molecule has 2 aromatic carbocycles. The van der Waals surface area contributed by atoms with Gasteiger partial charge in [0, 0.05) is 38.3 Å². The van der Waals surface area contributed by atoms with Crippen molar-refractivity contribution in [3.05, 3.63) is 65.7 Å². The second-order valence-electron chi connectivity index (χ2n) is 7.27. The van der Waals surface area contributed by atoms with Crippen LogP contribution in [0.4, 0.5) is 0 Å². The Morgan fingerprint density at radius 2 is 1.83 bits per heavy atom. The molecule has 1 aliphatic rings. The Morgan fingerprint density at radius 1 is 1.14 bits per heavy atom. The molecule has 3 rings (SSSR count). The van der Waals surface area contributed by atoms with E-state index in [4.69, 9.17) is 21.7 Å². The van der Waals surface area contributed by atoms with Gasteiger partial charge in [-0.3, -0.25) is 4.90 Å². The van der Waals surface area contributed by atoms with E-state index in [1.807, 2.05) is 24.3 Å². The number of hydrogen-bond acceptors (Lipinski definition) is 4. The largest absolute Gasteiger partial charge is 0.496 e. The molecule has 1 fully saturated rings. The first-order chi connectivity index (χ1) is 14.2. The van der Waals surface area contributed by atoms with Gasteiger partial charge in [0.15, 0.2) is 5.11 Å². The van der Waals surface area contributed by atoms with Gasteiger partial charge in [0.2, 0.25) is 0 Å². The molecule has 0 spiro atoms. The van der Waals surface area contributed by atoms with Crippen molar-refractivity contribution in [3.8, 4) is 5.75 Å². The first kappa shape index (κ1) is 21.6. The molecule has 0 bridgehead atoms. The Morgan fingerprint density at radius 3 is 2.55 bits per heavy atom. The number of thiocarbonyl (C=S) groups is 1. The van der Waals surface area contributed by atoms with E-state index in [9.17, 15) is 0 Å². The smallest absolute Gasteiger partial charge is 0.169 e. The van der Waals surface area contributed by atoms with Gasteiger partial charge in [-0.05, 0) is 30.8 Å². The Bertz CT molecular complexity index is 766. The maximum atomic E-state index is 5.83. The molecule has 1 atom stereocenters. The van der Waals surface area contributed by atoms with Crippen molar-refractivity contribution >= 4 is 17.3 Å². The van der Waals surface area contributed by atoms with Gasteiger partial charge in [-0.1, -0.05) is 48.5 Å². The molecule has 6 heteroatoms. The van der Waals surface area contributed by atoms with Crippen LogP contribution in [0.2, 0.25) is 0 Å². The molecule has 29 heavy (non-hydrogen) atoms. The number of para-hydroxylation sites is 1. The van der Waals surface area contributed by atoms with Crippen LogP contribution in [0.25, 0.3) is 0 Å². The molecule has 1 saturated heterocycles. The highest BCUT2D eigenvalue weighted by atomic mass is 32.1. The van der Waals surface area contributed by atoms with Crippen molar-refractivity contribution in [2.24, 2.45) is 0 Å². The van der Waals surface area contributed by atoms with Gasteiger partial charge in [-0.2, -0.15) is 0 Å². The van der Waals surface area contributed by atoms with Gasteiger partial charge < -0.3 is 19.7 Å². The van der Waals surface area contributed by atoms with E-state index in [0.717, 1.165) is 55.8 Å². The minimum absolute atomic E-state index is 0.146. The van der Waals surface area contributed by atoms with Crippen molar-refractivity contribution in [1.82, 2.24) is 15.1 Å². The maximum Gasteiger partial charge on any atom is 0.169 e. The average molecular weight is 414 g/mol. The summed E-state index contributed by atoms with van der Waals surface area (Å²) in [4.78, 5) is 4.67. The maximum absolute atomic E-state index is 5.83. The molecule has 1 aliphatic heterocycles. The third kappa shape index (κ3) is 6.42. The lowest BCUT2D eigenvalue weighted by molar-refractivity contribution is 0.0357. The Kier molecular flexibility index (Phi) is 8.28. The predicted molar refractivity (Wildman–Crippen MR) is 121 cm³/mol. The number of nitrogens with zero attached hydrogens (tertiary/aromatic N) is 2. The third-order valence-corrected chi connectivity index (χ3v) is 5.65. The van der Waals surface area contributed by atoms with Crippen molar-refractivity contribution in [2.45, 2.75) is 19.5 Å². The highest BCUT2D eigenvalue weighted by Gasteiger charge is 2.18. The molecule has 156 valence electrons. The van der Waals surface area contributed by atoms with E-state index in [-0.39, 0.29) is 6.04 Å². The molecular formula is C23H31N3O2S. The van der Waals surface area contributed by atoms with E-state index in [2.05, 4.69) is 52.4 Å². The zero-order chi connectivity index (χ0) is 20.5. The van der Waals surface area contributed by atoms with Crippen LogP contribution < -0.4 is 10.1 Å². The SMILES string of the molecule is COc1ccccc1CN(CCN1CCOCC1)C(=S)NC(C)c1ccccc1. The fourth-order valence-corrected chi connectivity index (χ4v) is 3.81. The zero-order valence-electron chi connectivity index (χ0n) is 17.3. The minimum atomic E-state index is 0.146. The molecule has 5 nitrogen and oxygen atoms in total. The molecular weight excluding hydrogens is 382 g/mol. The molecule has 0 saturated carbocycles. The van der Waals surface area contributed by atoms with Crippen LogP contribution in [0.15, 0.2) is 54.6 Å². The summed E-state index contributed by atoms with van der Waals surface area (Å²) in [6.07, 6.45) is 0. The lowest BCUT2D eigenvalue weighted by Gasteiger charge is -2.32. The van der Waals surface area contributed by atoms with Crippen molar-refractivity contribution in [3.63, 3.8) is 0 Å². The quantitative estimate of drug-likeness (QED) is 0.668. The summed E-state index contributed by atoms with van der Waals surface area (Å²) >= 11 is 5.83. The predicted octanol–water partition coefficient (Wildman–Crippen LogP) is 3.47. The van der Waals surface area contributed by atoms with Crippen molar-refractivity contribution in [2.75, 3.05) is 46.5 Å². The summed E-state index contributed by atoms with van der Waals surface area (Å²) in [5.41, 5.74) is 2.36. The van der Waals surface area contributed by atoms with Crippen LogP contribution in [-0.4, -0.2) is 61.4 Å². The number of morpholine rings is 1. The molecule has 2 aromatic rings. The first-order valence-electron chi connectivity index (χ1n) is 10.2. The lowest BCUT2D eigenvalue weighted by atomic mass is 10.1. The summed E-state index contributed by atoms with van der Waals surface area (Å²) in [5, 5.41) is 4.28. The van der Waals surface area contributed by atoms with Crippen LogP contribution in [0.5, 0.6) is 5.75 Å². The van der Waals surface area contributed by atoms with Gasteiger partial charge in [0.1, 0.15) is 5.75 Å². The van der Waals surface area contributed by atoms with E-state index in [1.54, 1.807) is 7.11 Å². The van der Waals surface area contributed by atoms with E-state index in [0.29, 0.717) is 6.54 Å². The summed E-state index contributed by atoms with van der Waals surface area (Å²) in [6.45, 7) is 8.23. The third-order valence-electron chi connectivity index (χ3n) is 5.27. The van der Waals surface area contributed by atoms with Crippen molar-refractivity contribution in [1.29, 1.82) is 0 Å². The number of ether oxygens (including phenoxy) is 2. The highest BCUT2D eigenvalue weighted by molar-refractivity contribution is 7.80.